The Labute approximate surface area is 124 Å². The van der Waals surface area contributed by atoms with E-state index in [1.165, 1.54) is 6.92 Å². The molecule has 21 heavy (non-hydrogen) atoms. The lowest BCUT2D eigenvalue weighted by atomic mass is 10.1. The zero-order valence-corrected chi connectivity index (χ0v) is 13.5. The summed E-state index contributed by atoms with van der Waals surface area (Å²) in [5.41, 5.74) is 0.00528. The second kappa shape index (κ2) is 7.01. The van der Waals surface area contributed by atoms with Crippen LogP contribution in [0.1, 0.15) is 37.0 Å². The Morgan fingerprint density at radius 3 is 2.57 bits per heavy atom. The van der Waals surface area contributed by atoms with Crippen molar-refractivity contribution in [3.8, 4) is 0 Å². The lowest BCUT2D eigenvalue weighted by Gasteiger charge is -2.21. The topological polar surface area (TPSA) is 127 Å². The highest BCUT2D eigenvalue weighted by atomic mass is 32.2. The molecule has 0 aliphatic rings. The Balaban J connectivity index is 2.99. The van der Waals surface area contributed by atoms with Gasteiger partial charge in [-0.25, -0.2) is 13.6 Å². The number of nitrogens with zero attached hydrogens (tertiary/aromatic N) is 1. The number of carbonyl (C=O) groups excluding carboxylic acids is 1. The number of amides is 1. The zero-order valence-electron chi connectivity index (χ0n) is 12.6. The minimum absolute atomic E-state index is 0.124. The first-order valence-corrected chi connectivity index (χ1v) is 8.19. The summed E-state index contributed by atoms with van der Waals surface area (Å²) < 4.78 is 28.4. The van der Waals surface area contributed by atoms with Crippen LogP contribution in [0.15, 0.2) is 4.90 Å². The Morgan fingerprint density at radius 1 is 1.48 bits per heavy atom. The van der Waals surface area contributed by atoms with Crippen LogP contribution in [-0.4, -0.2) is 43.8 Å². The fourth-order valence-electron chi connectivity index (χ4n) is 1.80. The molecular formula is C12H22N4O4S. The fraction of sp³-hybridized carbons (Fsp3) is 0.667. The molecule has 0 bridgehead atoms. The van der Waals surface area contributed by atoms with Gasteiger partial charge in [0.2, 0.25) is 10.0 Å². The van der Waals surface area contributed by atoms with Crippen LogP contribution in [0, 0.1) is 12.8 Å². The van der Waals surface area contributed by atoms with Crippen molar-refractivity contribution in [3.05, 3.63) is 11.4 Å². The van der Waals surface area contributed by atoms with Gasteiger partial charge in [0.1, 0.15) is 4.90 Å². The minimum atomic E-state index is -4.02. The van der Waals surface area contributed by atoms with E-state index in [-0.39, 0.29) is 28.2 Å². The molecule has 0 fully saturated rings. The highest BCUT2D eigenvalue weighted by Crippen LogP contribution is 2.16. The van der Waals surface area contributed by atoms with Crippen molar-refractivity contribution < 1.29 is 17.9 Å². The molecule has 0 aliphatic carbocycles. The number of primary sulfonamides is 1. The van der Waals surface area contributed by atoms with Crippen LogP contribution < -0.4 is 10.5 Å². The van der Waals surface area contributed by atoms with Gasteiger partial charge in [0.05, 0.1) is 18.3 Å². The smallest absolute Gasteiger partial charge is 0.273 e. The van der Waals surface area contributed by atoms with Crippen molar-refractivity contribution in [1.29, 1.82) is 0 Å². The Hall–Kier alpha value is -1.45. The van der Waals surface area contributed by atoms with Gasteiger partial charge in [-0.3, -0.25) is 9.89 Å². The number of nitrogens with two attached hydrogens (primary N) is 1. The molecule has 1 aromatic rings. The molecule has 0 radical (unpaired) electrons. The number of sulfonamides is 1. The summed E-state index contributed by atoms with van der Waals surface area (Å²) in [5, 5.41) is 14.1. The van der Waals surface area contributed by atoms with Crippen LogP contribution in [0.4, 0.5) is 0 Å². The molecule has 1 heterocycles. The fourth-order valence-corrected chi connectivity index (χ4v) is 2.68. The molecular weight excluding hydrogens is 296 g/mol. The molecule has 1 atom stereocenters. The van der Waals surface area contributed by atoms with Crippen molar-refractivity contribution >= 4 is 15.9 Å². The molecule has 0 aromatic carbocycles. The first kappa shape index (κ1) is 17.6. The average Bonchev–Trinajstić information content (AvgIpc) is 2.75. The molecule has 0 aliphatic heterocycles. The van der Waals surface area contributed by atoms with Gasteiger partial charge in [0.15, 0.2) is 5.69 Å². The van der Waals surface area contributed by atoms with Crippen LogP contribution >= 0.6 is 0 Å². The first-order chi connectivity index (χ1) is 9.68. The van der Waals surface area contributed by atoms with E-state index in [2.05, 4.69) is 15.5 Å². The highest BCUT2D eigenvalue weighted by molar-refractivity contribution is 7.89. The number of aromatic nitrogens is 2. The number of aryl methyl sites for hydroxylation is 1. The number of hydrogen-bond donors (Lipinski definition) is 3. The van der Waals surface area contributed by atoms with Crippen molar-refractivity contribution in [2.24, 2.45) is 11.1 Å². The van der Waals surface area contributed by atoms with E-state index in [9.17, 15) is 13.2 Å². The molecule has 4 N–H and O–H groups in total. The largest absolute Gasteiger partial charge is 0.380 e. The minimum Gasteiger partial charge on any atom is -0.380 e. The van der Waals surface area contributed by atoms with E-state index in [0.29, 0.717) is 13.2 Å². The standard InChI is InChI=1S/C12H22N4O4S/c1-5-20-6-9(7(2)3)14-12(17)10-11(21(13,18)19)8(4)15-16-10/h7,9H,5-6H2,1-4H3,(H,14,17)(H,15,16)(H2,13,18,19). The molecule has 1 aromatic heterocycles. The van der Waals surface area contributed by atoms with Gasteiger partial charge in [-0.05, 0) is 19.8 Å². The number of hydrogen-bond acceptors (Lipinski definition) is 5. The van der Waals surface area contributed by atoms with E-state index < -0.39 is 15.9 Å². The summed E-state index contributed by atoms with van der Waals surface area (Å²) in [4.78, 5) is 12.0. The highest BCUT2D eigenvalue weighted by Gasteiger charge is 2.27. The maximum absolute atomic E-state index is 12.2. The number of nitrogens with one attached hydrogen (secondary N) is 2. The van der Waals surface area contributed by atoms with Gasteiger partial charge in [-0.1, -0.05) is 13.8 Å². The van der Waals surface area contributed by atoms with E-state index in [4.69, 9.17) is 9.88 Å². The summed E-state index contributed by atoms with van der Waals surface area (Å²) in [5.74, 6) is -0.472. The zero-order chi connectivity index (χ0) is 16.2. The first-order valence-electron chi connectivity index (χ1n) is 6.64. The van der Waals surface area contributed by atoms with E-state index in [1.807, 2.05) is 20.8 Å². The number of carbonyl (C=O) groups is 1. The number of ether oxygens (including phenoxy) is 1. The van der Waals surface area contributed by atoms with Gasteiger partial charge in [0, 0.05) is 6.61 Å². The summed E-state index contributed by atoms with van der Waals surface area (Å²) in [6.45, 7) is 8.08. The molecule has 0 spiro atoms. The monoisotopic (exact) mass is 318 g/mol. The number of aromatic amines is 1. The second-order valence-corrected chi connectivity index (χ2v) is 6.55. The van der Waals surface area contributed by atoms with Crippen LogP contribution in [0.5, 0.6) is 0 Å². The van der Waals surface area contributed by atoms with Crippen LogP contribution in [-0.2, 0) is 14.8 Å². The summed E-state index contributed by atoms with van der Waals surface area (Å²) in [7, 11) is -4.02. The second-order valence-electron chi connectivity index (χ2n) is 5.05. The molecule has 1 unspecified atom stereocenters. The quantitative estimate of drug-likeness (QED) is 0.659. The lowest BCUT2D eigenvalue weighted by molar-refractivity contribution is 0.0799. The maximum Gasteiger partial charge on any atom is 0.273 e. The third kappa shape index (κ3) is 4.51. The molecule has 0 saturated heterocycles. The van der Waals surface area contributed by atoms with Crippen molar-refractivity contribution in [3.63, 3.8) is 0 Å². The maximum atomic E-state index is 12.2. The van der Waals surface area contributed by atoms with E-state index in [0.717, 1.165) is 0 Å². The van der Waals surface area contributed by atoms with Crippen molar-refractivity contribution in [1.82, 2.24) is 15.5 Å². The van der Waals surface area contributed by atoms with Crippen LogP contribution in [0.25, 0.3) is 0 Å². The van der Waals surface area contributed by atoms with Gasteiger partial charge in [-0.15, -0.1) is 0 Å². The Morgan fingerprint density at radius 2 is 2.10 bits per heavy atom. The lowest BCUT2D eigenvalue weighted by Crippen LogP contribution is -2.42. The summed E-state index contributed by atoms with van der Waals surface area (Å²) in [6.07, 6.45) is 0. The number of rotatable bonds is 7. The van der Waals surface area contributed by atoms with Crippen molar-refractivity contribution in [2.75, 3.05) is 13.2 Å². The molecule has 0 saturated carbocycles. The normalized spacial score (nSPS) is 13.4. The predicted octanol–water partition coefficient (Wildman–Crippen LogP) is 0.156. The van der Waals surface area contributed by atoms with Crippen LogP contribution in [0.3, 0.4) is 0 Å². The van der Waals surface area contributed by atoms with Gasteiger partial charge >= 0.3 is 0 Å². The average molecular weight is 318 g/mol. The third-order valence-corrected chi connectivity index (χ3v) is 4.08. The van der Waals surface area contributed by atoms with Gasteiger partial charge in [0.25, 0.3) is 5.91 Å². The Kier molecular flexibility index (Phi) is 5.87. The molecule has 8 nitrogen and oxygen atoms in total. The van der Waals surface area contributed by atoms with E-state index in [1.54, 1.807) is 0 Å². The third-order valence-electron chi connectivity index (χ3n) is 3.01. The predicted molar refractivity (Wildman–Crippen MR) is 77.3 cm³/mol. The Bertz CT molecular complexity index is 594. The van der Waals surface area contributed by atoms with E-state index >= 15 is 0 Å². The van der Waals surface area contributed by atoms with Gasteiger partial charge in [-0.2, -0.15) is 5.10 Å². The summed E-state index contributed by atoms with van der Waals surface area (Å²) >= 11 is 0. The molecule has 1 rings (SSSR count). The molecule has 1 amide bonds. The molecule has 9 heteroatoms. The van der Waals surface area contributed by atoms with Crippen LogP contribution in [0.2, 0.25) is 0 Å². The molecule has 120 valence electrons. The van der Waals surface area contributed by atoms with Gasteiger partial charge < -0.3 is 10.1 Å². The SMILES string of the molecule is CCOCC(NC(=O)c1n[nH]c(C)c1S(N)(=O)=O)C(C)C. The summed E-state index contributed by atoms with van der Waals surface area (Å²) in [6, 6.07) is -0.247. The van der Waals surface area contributed by atoms with Crippen molar-refractivity contribution in [2.45, 2.75) is 38.6 Å². The number of H-pyrrole nitrogens is 1.